The Kier molecular flexibility index (Phi) is 9.84. The Bertz CT molecular complexity index is 1330. The number of hydrogen-bond donors (Lipinski definition) is 1. The van der Waals surface area contributed by atoms with Crippen LogP contribution in [0.25, 0.3) is 0 Å². The third-order valence-electron chi connectivity index (χ3n) is 5.94. The molecule has 202 valence electrons. The Balaban J connectivity index is 2.09. The summed E-state index contributed by atoms with van der Waals surface area (Å²) in [4.78, 5) is 27.9. The predicted molar refractivity (Wildman–Crippen MR) is 144 cm³/mol. The van der Waals surface area contributed by atoms with Crippen LogP contribution in [0.1, 0.15) is 25.8 Å². The molecule has 38 heavy (non-hydrogen) atoms. The van der Waals surface area contributed by atoms with Crippen molar-refractivity contribution < 1.29 is 27.1 Å². The molecule has 2 amide bonds. The normalized spacial score (nSPS) is 11.9. The summed E-state index contributed by atoms with van der Waals surface area (Å²) in [7, 11) is -2.74. The van der Waals surface area contributed by atoms with E-state index in [1.807, 2.05) is 0 Å². The van der Waals surface area contributed by atoms with Crippen molar-refractivity contribution in [2.75, 3.05) is 24.5 Å². The second kappa shape index (κ2) is 13.0. The third-order valence-corrected chi connectivity index (χ3v) is 7.72. The van der Waals surface area contributed by atoms with Crippen molar-refractivity contribution in [3.05, 3.63) is 90.2 Å². The highest BCUT2D eigenvalue weighted by Crippen LogP contribution is 2.33. The first-order chi connectivity index (χ1) is 18.2. The van der Waals surface area contributed by atoms with Crippen LogP contribution >= 0.6 is 0 Å². The molecule has 1 atom stereocenters. The summed E-state index contributed by atoms with van der Waals surface area (Å²) in [5, 5.41) is 2.57. The predicted octanol–water partition coefficient (Wildman–Crippen LogP) is 3.97. The molecule has 0 aliphatic rings. The number of nitrogens with zero attached hydrogens (tertiary/aromatic N) is 2. The van der Waals surface area contributed by atoms with Gasteiger partial charge in [0.2, 0.25) is 11.8 Å². The molecule has 0 aliphatic heterocycles. The van der Waals surface area contributed by atoms with E-state index >= 15 is 0 Å². The van der Waals surface area contributed by atoms with Crippen LogP contribution in [0.2, 0.25) is 0 Å². The Morgan fingerprint density at radius 3 is 2.18 bits per heavy atom. The maximum absolute atomic E-state index is 13.9. The molecule has 3 aromatic rings. The van der Waals surface area contributed by atoms with Crippen molar-refractivity contribution >= 4 is 27.5 Å². The van der Waals surface area contributed by atoms with Gasteiger partial charge in [0.15, 0.2) is 0 Å². The molecule has 3 rings (SSSR count). The lowest BCUT2D eigenvalue weighted by Gasteiger charge is -2.33. The van der Waals surface area contributed by atoms with Crippen molar-refractivity contribution in [3.8, 4) is 5.75 Å². The first kappa shape index (κ1) is 28.6. The van der Waals surface area contributed by atoms with Gasteiger partial charge in [-0.25, -0.2) is 12.8 Å². The monoisotopic (exact) mass is 541 g/mol. The molecule has 10 heteroatoms. The molecule has 8 nitrogen and oxygen atoms in total. The van der Waals surface area contributed by atoms with Crippen molar-refractivity contribution in [1.82, 2.24) is 10.2 Å². The molecule has 0 saturated heterocycles. The molecule has 0 bridgehead atoms. The van der Waals surface area contributed by atoms with Crippen LogP contribution in [-0.4, -0.2) is 51.4 Å². The van der Waals surface area contributed by atoms with Gasteiger partial charge in [0.05, 0.1) is 17.2 Å². The molecule has 0 spiro atoms. The molecule has 1 N–H and O–H groups in total. The SMILES string of the molecule is CCOc1ccccc1N(CC(=O)N(Cc1ccc(F)cc1)[C@H](CC)C(=O)NC)S(=O)(=O)c1ccccc1. The number of amides is 2. The fourth-order valence-electron chi connectivity index (χ4n) is 4.05. The summed E-state index contributed by atoms with van der Waals surface area (Å²) in [6.45, 7) is 3.22. The number of hydrogen-bond acceptors (Lipinski definition) is 5. The topological polar surface area (TPSA) is 96.0 Å². The number of carbonyl (C=O) groups is 2. The first-order valence-electron chi connectivity index (χ1n) is 12.3. The van der Waals surface area contributed by atoms with E-state index in [1.54, 1.807) is 56.3 Å². The van der Waals surface area contributed by atoms with Gasteiger partial charge in [-0.15, -0.1) is 0 Å². The zero-order chi connectivity index (χ0) is 27.7. The molecule has 0 aromatic heterocycles. The molecule has 0 saturated carbocycles. The van der Waals surface area contributed by atoms with E-state index in [2.05, 4.69) is 5.32 Å². The van der Waals surface area contributed by atoms with Gasteiger partial charge in [-0.05, 0) is 55.3 Å². The van der Waals surface area contributed by atoms with Crippen LogP contribution < -0.4 is 14.4 Å². The maximum atomic E-state index is 13.9. The summed E-state index contributed by atoms with van der Waals surface area (Å²) >= 11 is 0. The van der Waals surface area contributed by atoms with E-state index in [-0.39, 0.29) is 30.2 Å². The molecular formula is C28H32FN3O5S. The Morgan fingerprint density at radius 1 is 0.947 bits per heavy atom. The highest BCUT2D eigenvalue weighted by molar-refractivity contribution is 7.92. The summed E-state index contributed by atoms with van der Waals surface area (Å²) in [5.41, 5.74) is 0.788. The fraction of sp³-hybridized carbons (Fsp3) is 0.286. The van der Waals surface area contributed by atoms with E-state index in [0.717, 1.165) is 4.31 Å². The highest BCUT2D eigenvalue weighted by Gasteiger charge is 2.34. The number of sulfonamides is 1. The lowest BCUT2D eigenvalue weighted by atomic mass is 10.1. The van der Waals surface area contributed by atoms with Crippen molar-refractivity contribution in [2.24, 2.45) is 0 Å². The van der Waals surface area contributed by atoms with Crippen LogP contribution in [0.15, 0.2) is 83.8 Å². The van der Waals surface area contributed by atoms with Crippen molar-refractivity contribution in [2.45, 2.75) is 37.8 Å². The van der Waals surface area contributed by atoms with E-state index in [0.29, 0.717) is 11.3 Å². The fourth-order valence-corrected chi connectivity index (χ4v) is 5.49. The highest BCUT2D eigenvalue weighted by atomic mass is 32.2. The number of ether oxygens (including phenoxy) is 1. The number of carbonyl (C=O) groups excluding carboxylic acids is 2. The smallest absolute Gasteiger partial charge is 0.264 e. The van der Waals surface area contributed by atoms with Crippen LogP contribution in [-0.2, 0) is 26.2 Å². The second-order valence-electron chi connectivity index (χ2n) is 8.41. The first-order valence-corrected chi connectivity index (χ1v) is 13.7. The standard InChI is InChI=1S/C28H32FN3O5S/c1-4-24(28(34)30-3)31(19-21-15-17-22(29)18-16-21)27(33)20-32(25-13-9-10-14-26(25)37-5-2)38(35,36)23-11-7-6-8-12-23/h6-18,24H,4-5,19-20H2,1-3H3,(H,30,34)/t24-/m1/s1. The number of rotatable bonds is 12. The number of benzene rings is 3. The lowest BCUT2D eigenvalue weighted by molar-refractivity contribution is -0.140. The van der Waals surface area contributed by atoms with Gasteiger partial charge in [0.25, 0.3) is 10.0 Å². The molecular weight excluding hydrogens is 509 g/mol. The molecule has 0 fully saturated rings. The molecule has 3 aromatic carbocycles. The quantitative estimate of drug-likeness (QED) is 0.374. The summed E-state index contributed by atoms with van der Waals surface area (Å²) in [6, 6.07) is 19.1. The molecule has 0 heterocycles. The van der Waals surface area contributed by atoms with Gasteiger partial charge in [-0.1, -0.05) is 49.4 Å². The average Bonchev–Trinajstić information content (AvgIpc) is 2.93. The number of nitrogens with one attached hydrogen (secondary N) is 1. The minimum atomic E-state index is -4.20. The van der Waals surface area contributed by atoms with Gasteiger partial charge >= 0.3 is 0 Å². The minimum Gasteiger partial charge on any atom is -0.492 e. The molecule has 0 aliphatic carbocycles. The van der Waals surface area contributed by atoms with Crippen LogP contribution in [0.5, 0.6) is 5.75 Å². The zero-order valence-corrected chi connectivity index (χ0v) is 22.4. The summed E-state index contributed by atoms with van der Waals surface area (Å²) in [5.74, 6) is -1.13. The molecule has 0 radical (unpaired) electrons. The molecule has 0 unspecified atom stereocenters. The lowest BCUT2D eigenvalue weighted by Crippen LogP contribution is -2.51. The van der Waals surface area contributed by atoms with Gasteiger partial charge < -0.3 is 15.0 Å². The van der Waals surface area contributed by atoms with Crippen molar-refractivity contribution in [1.29, 1.82) is 0 Å². The maximum Gasteiger partial charge on any atom is 0.264 e. The van der Waals surface area contributed by atoms with E-state index in [1.165, 1.54) is 48.3 Å². The van der Waals surface area contributed by atoms with Crippen LogP contribution in [0.4, 0.5) is 10.1 Å². The Hall–Kier alpha value is -3.92. The largest absolute Gasteiger partial charge is 0.492 e. The van der Waals surface area contributed by atoms with Crippen LogP contribution in [0, 0.1) is 5.82 Å². The van der Waals surface area contributed by atoms with E-state index < -0.39 is 40.2 Å². The van der Waals surface area contributed by atoms with Gasteiger partial charge in [-0.3, -0.25) is 13.9 Å². The Labute approximate surface area is 223 Å². The summed E-state index contributed by atoms with van der Waals surface area (Å²) in [6.07, 6.45) is 0.285. The van der Waals surface area contributed by atoms with Gasteiger partial charge in [0.1, 0.15) is 24.2 Å². The number of anilines is 1. The minimum absolute atomic E-state index is 0.00234. The second-order valence-corrected chi connectivity index (χ2v) is 10.3. The zero-order valence-electron chi connectivity index (χ0n) is 21.6. The van der Waals surface area contributed by atoms with E-state index in [4.69, 9.17) is 4.74 Å². The number of halogens is 1. The van der Waals surface area contributed by atoms with Gasteiger partial charge in [0, 0.05) is 13.6 Å². The number of para-hydroxylation sites is 2. The van der Waals surface area contributed by atoms with E-state index in [9.17, 15) is 22.4 Å². The third kappa shape index (κ3) is 6.69. The number of likely N-dealkylation sites (N-methyl/N-ethyl adjacent to an activating group) is 1. The van der Waals surface area contributed by atoms with Crippen molar-refractivity contribution in [3.63, 3.8) is 0 Å². The van der Waals surface area contributed by atoms with Gasteiger partial charge in [-0.2, -0.15) is 0 Å². The Morgan fingerprint density at radius 2 is 1.58 bits per heavy atom. The average molecular weight is 542 g/mol. The van der Waals surface area contributed by atoms with Crippen LogP contribution in [0.3, 0.4) is 0 Å². The summed E-state index contributed by atoms with van der Waals surface area (Å²) < 4.78 is 47.9.